The van der Waals surface area contributed by atoms with E-state index in [0.717, 1.165) is 31.9 Å². The maximum absolute atomic E-state index is 12.7. The van der Waals surface area contributed by atoms with E-state index in [9.17, 15) is 13.2 Å². The minimum absolute atomic E-state index is 0.00806. The van der Waals surface area contributed by atoms with Crippen LogP contribution in [0, 0.1) is 0 Å². The molecule has 2 rings (SSSR count). The van der Waals surface area contributed by atoms with E-state index < -0.39 is 11.9 Å². The Bertz CT molecular complexity index is 479. The van der Waals surface area contributed by atoms with Gasteiger partial charge in [0.1, 0.15) is 12.3 Å². The second-order valence-electron chi connectivity index (χ2n) is 5.30. The molecule has 1 aliphatic heterocycles. The Hall–Kier alpha value is -1.34. The van der Waals surface area contributed by atoms with Crippen LogP contribution in [0.15, 0.2) is 12.1 Å². The first-order valence-corrected chi connectivity index (χ1v) is 7.02. The van der Waals surface area contributed by atoms with Gasteiger partial charge in [0.15, 0.2) is 0 Å². The monoisotopic (exact) mass is 303 g/mol. The molecule has 0 saturated carbocycles. The highest BCUT2D eigenvalue weighted by molar-refractivity contribution is 5.29. The number of halogens is 3. The molecule has 0 spiro atoms. The third-order valence-electron chi connectivity index (χ3n) is 3.78. The predicted octanol–water partition coefficient (Wildman–Crippen LogP) is 2.42. The van der Waals surface area contributed by atoms with Crippen molar-refractivity contribution in [3.05, 3.63) is 23.4 Å². The van der Waals surface area contributed by atoms with Crippen LogP contribution in [0.3, 0.4) is 0 Å². The van der Waals surface area contributed by atoms with Gasteiger partial charge in [0, 0.05) is 18.2 Å². The first kappa shape index (κ1) is 16.0. The summed E-state index contributed by atoms with van der Waals surface area (Å²) in [5, 5.41) is 0. The Labute approximate surface area is 122 Å². The highest BCUT2D eigenvalue weighted by Gasteiger charge is 2.33. The summed E-state index contributed by atoms with van der Waals surface area (Å²) in [6.07, 6.45) is -1.25. The molecule has 0 radical (unpaired) electrons. The smallest absolute Gasteiger partial charge is 0.433 e. The Morgan fingerprint density at radius 3 is 2.76 bits per heavy atom. The highest BCUT2D eigenvalue weighted by atomic mass is 19.4. The van der Waals surface area contributed by atoms with Crippen LogP contribution >= 0.6 is 0 Å². The van der Waals surface area contributed by atoms with Gasteiger partial charge in [-0.05, 0) is 32.5 Å². The number of nitrogens with two attached hydrogens (primary N) is 1. The summed E-state index contributed by atoms with van der Waals surface area (Å²) in [5.41, 5.74) is 5.07. The molecule has 0 bridgehead atoms. The Morgan fingerprint density at radius 2 is 2.14 bits per heavy atom. The van der Waals surface area contributed by atoms with Crippen molar-refractivity contribution in [2.75, 3.05) is 20.2 Å². The first-order valence-electron chi connectivity index (χ1n) is 7.02. The van der Waals surface area contributed by atoms with Crippen molar-refractivity contribution in [3.63, 3.8) is 0 Å². The van der Waals surface area contributed by atoms with Crippen molar-refractivity contribution in [2.24, 2.45) is 5.73 Å². The van der Waals surface area contributed by atoms with Crippen molar-refractivity contribution < 1.29 is 17.9 Å². The topological polar surface area (TPSA) is 51.4 Å². The molecule has 118 valence electrons. The number of hydrogen-bond donors (Lipinski definition) is 1. The fourth-order valence-electron chi connectivity index (χ4n) is 2.44. The number of pyridine rings is 1. The normalized spacial score (nSPS) is 20.5. The van der Waals surface area contributed by atoms with Crippen molar-refractivity contribution >= 4 is 0 Å². The number of hydrogen-bond acceptors (Lipinski definition) is 4. The van der Waals surface area contributed by atoms with Crippen LogP contribution in [0.1, 0.15) is 30.5 Å². The van der Waals surface area contributed by atoms with Crippen LogP contribution in [-0.4, -0.2) is 36.1 Å². The summed E-state index contributed by atoms with van der Waals surface area (Å²) in [4.78, 5) is 5.74. The van der Waals surface area contributed by atoms with E-state index in [2.05, 4.69) is 9.88 Å². The fraction of sp³-hybridized carbons (Fsp3) is 0.643. The number of aromatic nitrogens is 1. The van der Waals surface area contributed by atoms with Gasteiger partial charge in [-0.2, -0.15) is 13.2 Å². The lowest BCUT2D eigenvalue weighted by Gasteiger charge is -2.32. The number of likely N-dealkylation sites (tertiary alicyclic amines) is 1. The van der Waals surface area contributed by atoms with Gasteiger partial charge < -0.3 is 15.4 Å². The molecule has 1 fully saturated rings. The number of ether oxygens (including phenoxy) is 1. The zero-order valence-electron chi connectivity index (χ0n) is 12.0. The molecule has 2 heterocycles. The van der Waals surface area contributed by atoms with E-state index in [1.807, 2.05) is 7.05 Å². The van der Waals surface area contributed by atoms with Gasteiger partial charge in [0.2, 0.25) is 5.88 Å². The lowest BCUT2D eigenvalue weighted by atomic mass is 10.0. The molecular weight excluding hydrogens is 283 g/mol. The number of piperidine rings is 1. The van der Waals surface area contributed by atoms with E-state index in [0.29, 0.717) is 12.2 Å². The summed E-state index contributed by atoms with van der Waals surface area (Å²) in [5.74, 6) is -0.00806. The molecule has 0 aromatic carbocycles. The molecule has 4 nitrogen and oxygen atoms in total. The Morgan fingerprint density at radius 1 is 1.38 bits per heavy atom. The standard InChI is InChI=1S/C14H20F3N3O/c1-20-7-3-2-4-11(20)9-21-13-10(8-18)5-6-12(19-13)14(15,16)17/h5-6,11H,2-4,7-9,18H2,1H3. The molecule has 1 saturated heterocycles. The number of rotatable bonds is 4. The molecule has 1 aromatic rings. The molecule has 1 unspecified atom stereocenters. The third-order valence-corrected chi connectivity index (χ3v) is 3.78. The Kier molecular flexibility index (Phi) is 5.05. The number of alkyl halides is 3. The van der Waals surface area contributed by atoms with Gasteiger partial charge in [0.25, 0.3) is 0 Å². The predicted molar refractivity (Wildman–Crippen MR) is 72.9 cm³/mol. The van der Waals surface area contributed by atoms with Gasteiger partial charge in [-0.3, -0.25) is 0 Å². The maximum Gasteiger partial charge on any atom is 0.433 e. The van der Waals surface area contributed by atoms with Gasteiger partial charge in [-0.1, -0.05) is 12.5 Å². The van der Waals surface area contributed by atoms with Crippen LogP contribution < -0.4 is 10.5 Å². The average Bonchev–Trinajstić information content (AvgIpc) is 2.45. The molecule has 2 N–H and O–H groups in total. The van der Waals surface area contributed by atoms with Crippen LogP contribution in [0.5, 0.6) is 5.88 Å². The van der Waals surface area contributed by atoms with Crippen molar-refractivity contribution in [1.82, 2.24) is 9.88 Å². The molecule has 7 heteroatoms. The summed E-state index contributed by atoms with van der Waals surface area (Å²) in [6, 6.07) is 2.47. The summed E-state index contributed by atoms with van der Waals surface area (Å²) >= 11 is 0. The van der Waals surface area contributed by atoms with Crippen molar-refractivity contribution in [2.45, 2.75) is 38.0 Å². The van der Waals surface area contributed by atoms with Gasteiger partial charge in [-0.25, -0.2) is 4.98 Å². The van der Waals surface area contributed by atoms with Crippen LogP contribution in [-0.2, 0) is 12.7 Å². The minimum Gasteiger partial charge on any atom is -0.476 e. The third kappa shape index (κ3) is 4.07. The average molecular weight is 303 g/mol. The van der Waals surface area contributed by atoms with E-state index >= 15 is 0 Å². The van der Waals surface area contributed by atoms with Gasteiger partial charge in [0.05, 0.1) is 0 Å². The zero-order chi connectivity index (χ0) is 15.5. The summed E-state index contributed by atoms with van der Waals surface area (Å²) in [6.45, 7) is 1.41. The van der Waals surface area contributed by atoms with E-state index in [4.69, 9.17) is 10.5 Å². The van der Waals surface area contributed by atoms with Crippen molar-refractivity contribution in [1.29, 1.82) is 0 Å². The SMILES string of the molecule is CN1CCCCC1COc1nc(C(F)(F)F)ccc1CN. The van der Waals surface area contributed by atoms with E-state index in [1.165, 1.54) is 6.07 Å². The van der Waals surface area contributed by atoms with Crippen LogP contribution in [0.2, 0.25) is 0 Å². The molecule has 1 aromatic heterocycles. The van der Waals surface area contributed by atoms with E-state index in [-0.39, 0.29) is 18.5 Å². The van der Waals surface area contributed by atoms with E-state index in [1.54, 1.807) is 0 Å². The van der Waals surface area contributed by atoms with Gasteiger partial charge >= 0.3 is 6.18 Å². The lowest BCUT2D eigenvalue weighted by Crippen LogP contribution is -2.40. The van der Waals surface area contributed by atoms with Crippen molar-refractivity contribution in [3.8, 4) is 5.88 Å². The second kappa shape index (κ2) is 6.62. The van der Waals surface area contributed by atoms with Crippen LogP contribution in [0.4, 0.5) is 13.2 Å². The molecule has 0 amide bonds. The first-order chi connectivity index (χ1) is 9.91. The van der Waals surface area contributed by atoms with Crippen LogP contribution in [0.25, 0.3) is 0 Å². The largest absolute Gasteiger partial charge is 0.476 e. The second-order valence-corrected chi connectivity index (χ2v) is 5.30. The molecular formula is C14H20F3N3O. The van der Waals surface area contributed by atoms with Gasteiger partial charge in [-0.15, -0.1) is 0 Å². The fourth-order valence-corrected chi connectivity index (χ4v) is 2.44. The maximum atomic E-state index is 12.7. The Balaban J connectivity index is 2.10. The zero-order valence-corrected chi connectivity index (χ0v) is 12.0. The molecule has 21 heavy (non-hydrogen) atoms. The lowest BCUT2D eigenvalue weighted by molar-refractivity contribution is -0.141. The quantitative estimate of drug-likeness (QED) is 0.928. The molecule has 1 aliphatic rings. The minimum atomic E-state index is -4.48. The molecule has 0 aliphatic carbocycles. The number of likely N-dealkylation sites (N-methyl/N-ethyl adjacent to an activating group) is 1. The summed E-state index contributed by atoms with van der Waals surface area (Å²) in [7, 11) is 2.00. The highest BCUT2D eigenvalue weighted by Crippen LogP contribution is 2.30. The number of nitrogens with zero attached hydrogens (tertiary/aromatic N) is 2. The summed E-state index contributed by atoms with van der Waals surface area (Å²) < 4.78 is 43.6. The molecule has 1 atom stereocenters.